The minimum absolute atomic E-state index is 0.316. The molecule has 0 spiro atoms. The fraction of sp³-hybridized carbons (Fsp3) is 0.650. The number of carboxylic acids is 4. The molecule has 0 aromatic rings. The molecular weight excluding hydrogens is 472 g/mol. The first-order chi connectivity index (χ1) is 16.4. The number of carbonyl (C=O) groups is 7. The standard InChI is InChI=1S/C20H30N4O11/c25-14(26)6-3-11(22-17(31)10-2-1-9-21-10)18(32)23-12(4-7-15(27)28)19(33)24-13(20(34)35)5-8-16(29)30/h10-13,21H,1-9H2,(H,22,31)(H,23,32)(H,24,33)(H,25,26)(H,27,28)(H,29,30)(H,34,35). The maximum absolute atomic E-state index is 12.8. The van der Waals surface area contributed by atoms with Crippen LogP contribution in [0.3, 0.4) is 0 Å². The third kappa shape index (κ3) is 11.3. The van der Waals surface area contributed by atoms with Crippen molar-refractivity contribution in [3.05, 3.63) is 0 Å². The number of nitrogens with one attached hydrogen (secondary N) is 4. The lowest BCUT2D eigenvalue weighted by Gasteiger charge is -2.25. The van der Waals surface area contributed by atoms with Crippen LogP contribution in [0.2, 0.25) is 0 Å². The van der Waals surface area contributed by atoms with E-state index in [2.05, 4.69) is 21.3 Å². The minimum Gasteiger partial charge on any atom is -0.481 e. The third-order valence-corrected chi connectivity index (χ3v) is 5.20. The van der Waals surface area contributed by atoms with E-state index in [1.807, 2.05) is 0 Å². The highest BCUT2D eigenvalue weighted by atomic mass is 16.4. The van der Waals surface area contributed by atoms with Gasteiger partial charge < -0.3 is 41.7 Å². The lowest BCUT2D eigenvalue weighted by molar-refractivity contribution is -0.144. The summed E-state index contributed by atoms with van der Waals surface area (Å²) in [7, 11) is 0. The molecular formula is C20H30N4O11. The van der Waals surface area contributed by atoms with Crippen LogP contribution in [-0.4, -0.2) is 92.7 Å². The molecule has 1 heterocycles. The van der Waals surface area contributed by atoms with Crippen molar-refractivity contribution in [1.29, 1.82) is 0 Å². The molecule has 1 rings (SSSR count). The van der Waals surface area contributed by atoms with Crippen LogP contribution >= 0.6 is 0 Å². The van der Waals surface area contributed by atoms with Gasteiger partial charge in [-0.2, -0.15) is 0 Å². The van der Waals surface area contributed by atoms with Crippen LogP contribution in [-0.2, 0) is 33.6 Å². The molecule has 1 saturated heterocycles. The van der Waals surface area contributed by atoms with Crippen LogP contribution < -0.4 is 21.3 Å². The Morgan fingerprint density at radius 1 is 0.686 bits per heavy atom. The predicted molar refractivity (Wildman–Crippen MR) is 115 cm³/mol. The SMILES string of the molecule is O=C(O)CCC(NC(=O)C(CCC(=O)O)NC(=O)C(CCC(=O)O)NC(=O)C1CCCN1)C(=O)O. The van der Waals surface area contributed by atoms with E-state index in [1.165, 1.54) is 0 Å². The smallest absolute Gasteiger partial charge is 0.326 e. The highest BCUT2D eigenvalue weighted by Gasteiger charge is 2.32. The number of carbonyl (C=O) groups excluding carboxylic acids is 3. The normalized spacial score (nSPS) is 17.4. The van der Waals surface area contributed by atoms with Crippen molar-refractivity contribution in [2.75, 3.05) is 6.54 Å². The Hall–Kier alpha value is -3.75. The third-order valence-electron chi connectivity index (χ3n) is 5.20. The second-order valence-corrected chi connectivity index (χ2v) is 7.97. The van der Waals surface area contributed by atoms with Crippen molar-refractivity contribution in [1.82, 2.24) is 21.3 Å². The Morgan fingerprint density at radius 2 is 1.11 bits per heavy atom. The largest absolute Gasteiger partial charge is 0.481 e. The van der Waals surface area contributed by atoms with Crippen molar-refractivity contribution in [2.24, 2.45) is 0 Å². The van der Waals surface area contributed by atoms with Crippen molar-refractivity contribution in [3.63, 3.8) is 0 Å². The van der Waals surface area contributed by atoms with Gasteiger partial charge in [-0.15, -0.1) is 0 Å². The quantitative estimate of drug-likeness (QED) is 0.113. The number of rotatable bonds is 16. The zero-order chi connectivity index (χ0) is 26.5. The summed E-state index contributed by atoms with van der Waals surface area (Å²) in [4.78, 5) is 82.0. The second kappa shape index (κ2) is 14.5. The van der Waals surface area contributed by atoms with Gasteiger partial charge in [-0.1, -0.05) is 0 Å². The van der Waals surface area contributed by atoms with E-state index < -0.39 is 97.9 Å². The van der Waals surface area contributed by atoms with Crippen LogP contribution in [0.15, 0.2) is 0 Å². The molecule has 0 aromatic heterocycles. The van der Waals surface area contributed by atoms with Gasteiger partial charge in [-0.05, 0) is 38.6 Å². The minimum atomic E-state index is -1.61. The van der Waals surface area contributed by atoms with Crippen molar-refractivity contribution in [3.8, 4) is 0 Å². The monoisotopic (exact) mass is 502 g/mol. The molecule has 8 N–H and O–H groups in total. The van der Waals surface area contributed by atoms with Gasteiger partial charge in [0, 0.05) is 19.3 Å². The summed E-state index contributed by atoms with van der Waals surface area (Å²) in [6.07, 6.45) is -1.61. The first-order valence-corrected chi connectivity index (χ1v) is 10.9. The summed E-state index contributed by atoms with van der Waals surface area (Å²) < 4.78 is 0. The van der Waals surface area contributed by atoms with Gasteiger partial charge in [0.15, 0.2) is 0 Å². The van der Waals surface area contributed by atoms with E-state index in [0.29, 0.717) is 13.0 Å². The van der Waals surface area contributed by atoms with Gasteiger partial charge in [-0.3, -0.25) is 28.8 Å². The predicted octanol–water partition coefficient (Wildman–Crippen LogP) is -2.13. The molecule has 0 radical (unpaired) electrons. The van der Waals surface area contributed by atoms with Crippen molar-refractivity contribution < 1.29 is 54.0 Å². The topological polar surface area (TPSA) is 249 Å². The van der Waals surface area contributed by atoms with Gasteiger partial charge in [0.05, 0.1) is 6.04 Å². The molecule has 1 aliphatic heterocycles. The van der Waals surface area contributed by atoms with Gasteiger partial charge in [0.1, 0.15) is 18.1 Å². The maximum atomic E-state index is 12.8. The van der Waals surface area contributed by atoms with E-state index in [0.717, 1.165) is 6.42 Å². The van der Waals surface area contributed by atoms with Crippen LogP contribution in [0.4, 0.5) is 0 Å². The highest BCUT2D eigenvalue weighted by molar-refractivity contribution is 5.94. The summed E-state index contributed by atoms with van der Waals surface area (Å²) in [5.41, 5.74) is 0. The molecule has 196 valence electrons. The van der Waals surface area contributed by atoms with Gasteiger partial charge in [0.2, 0.25) is 17.7 Å². The Bertz CT molecular complexity index is 826. The summed E-state index contributed by atoms with van der Waals surface area (Å²) in [6.45, 7) is 0.591. The Morgan fingerprint density at radius 3 is 1.51 bits per heavy atom. The van der Waals surface area contributed by atoms with Gasteiger partial charge in [-0.25, -0.2) is 4.79 Å². The summed E-state index contributed by atoms with van der Waals surface area (Å²) in [5.74, 6) is -7.94. The Balaban J connectivity index is 2.97. The highest BCUT2D eigenvalue weighted by Crippen LogP contribution is 2.08. The molecule has 1 fully saturated rings. The lowest BCUT2D eigenvalue weighted by atomic mass is 10.1. The zero-order valence-electron chi connectivity index (χ0n) is 18.8. The van der Waals surface area contributed by atoms with Gasteiger partial charge >= 0.3 is 23.9 Å². The summed E-state index contributed by atoms with van der Waals surface area (Å²) >= 11 is 0. The van der Waals surface area contributed by atoms with E-state index >= 15 is 0 Å². The molecule has 4 atom stereocenters. The van der Waals surface area contributed by atoms with Gasteiger partial charge in [0.25, 0.3) is 0 Å². The van der Waals surface area contributed by atoms with E-state index in [9.17, 15) is 38.7 Å². The number of aliphatic carboxylic acids is 4. The molecule has 1 aliphatic rings. The molecule has 0 aromatic carbocycles. The van der Waals surface area contributed by atoms with Crippen LogP contribution in [0.25, 0.3) is 0 Å². The summed E-state index contributed by atoms with van der Waals surface area (Å²) in [6, 6.07) is -5.09. The van der Waals surface area contributed by atoms with Crippen LogP contribution in [0, 0.1) is 0 Å². The first-order valence-electron chi connectivity index (χ1n) is 10.9. The number of hydrogen-bond donors (Lipinski definition) is 8. The molecule has 15 heteroatoms. The average molecular weight is 502 g/mol. The van der Waals surface area contributed by atoms with Crippen molar-refractivity contribution >= 4 is 41.6 Å². The zero-order valence-corrected chi connectivity index (χ0v) is 18.8. The Kier molecular flexibility index (Phi) is 12.1. The van der Waals surface area contributed by atoms with Crippen LogP contribution in [0.1, 0.15) is 51.4 Å². The number of amides is 3. The first kappa shape index (κ1) is 29.3. The Labute approximate surface area is 199 Å². The van der Waals surface area contributed by atoms with E-state index in [-0.39, 0.29) is 6.42 Å². The molecule has 0 aliphatic carbocycles. The number of hydrogen-bond acceptors (Lipinski definition) is 8. The van der Waals surface area contributed by atoms with E-state index in [4.69, 9.17) is 15.3 Å². The molecule has 0 bridgehead atoms. The number of carboxylic acid groups (broad SMARTS) is 4. The summed E-state index contributed by atoms with van der Waals surface area (Å²) in [5, 5.41) is 45.6. The molecule has 35 heavy (non-hydrogen) atoms. The molecule has 3 amide bonds. The maximum Gasteiger partial charge on any atom is 0.326 e. The van der Waals surface area contributed by atoms with E-state index in [1.54, 1.807) is 0 Å². The lowest BCUT2D eigenvalue weighted by Crippen LogP contribution is -2.57. The average Bonchev–Trinajstić information content (AvgIpc) is 3.30. The van der Waals surface area contributed by atoms with Crippen molar-refractivity contribution in [2.45, 2.75) is 75.5 Å². The molecule has 4 unspecified atom stereocenters. The molecule has 0 saturated carbocycles. The fourth-order valence-corrected chi connectivity index (χ4v) is 3.32. The van der Waals surface area contributed by atoms with Crippen LogP contribution in [0.5, 0.6) is 0 Å². The fourth-order valence-electron chi connectivity index (χ4n) is 3.32. The molecule has 15 nitrogen and oxygen atoms in total. The second-order valence-electron chi connectivity index (χ2n) is 7.97.